The molecule has 0 aliphatic rings. The van der Waals surface area contributed by atoms with E-state index in [9.17, 15) is 0 Å². The third-order valence-corrected chi connectivity index (χ3v) is 4.76. The Morgan fingerprint density at radius 2 is 1.38 bits per heavy atom. The van der Waals surface area contributed by atoms with Gasteiger partial charge in [-0.1, -0.05) is 54.6 Å². The van der Waals surface area contributed by atoms with Crippen molar-refractivity contribution in [3.05, 3.63) is 77.9 Å². The zero-order valence-corrected chi connectivity index (χ0v) is 16.6. The van der Waals surface area contributed by atoms with Crippen molar-refractivity contribution < 1.29 is 18.6 Å². The minimum Gasteiger partial charge on any atom is -0.493 e. The molecule has 4 heteroatoms. The Bertz CT molecular complexity index is 1130. The highest BCUT2D eigenvalue weighted by atomic mass is 16.5. The van der Waals surface area contributed by atoms with Crippen molar-refractivity contribution in [1.82, 2.24) is 0 Å². The van der Waals surface area contributed by atoms with Crippen LogP contribution in [0.5, 0.6) is 17.2 Å². The average Bonchev–Trinajstić information content (AvgIpc) is 3.21. The number of fused-ring (bicyclic) bond motifs is 1. The second-order valence-corrected chi connectivity index (χ2v) is 6.57. The summed E-state index contributed by atoms with van der Waals surface area (Å²) in [6.45, 7) is 0. The fourth-order valence-electron chi connectivity index (χ4n) is 3.29. The number of hydrogen-bond donors (Lipinski definition) is 0. The van der Waals surface area contributed by atoms with Crippen LogP contribution >= 0.6 is 0 Å². The van der Waals surface area contributed by atoms with E-state index in [0.29, 0.717) is 17.2 Å². The molecule has 1 aromatic heterocycles. The highest BCUT2D eigenvalue weighted by Crippen LogP contribution is 2.38. The molecule has 0 spiro atoms. The molecule has 4 nitrogen and oxygen atoms in total. The van der Waals surface area contributed by atoms with Gasteiger partial charge in [0.25, 0.3) is 0 Å². The summed E-state index contributed by atoms with van der Waals surface area (Å²) in [5.74, 6) is 2.70. The topological polar surface area (TPSA) is 40.8 Å². The van der Waals surface area contributed by atoms with Crippen LogP contribution in [0.2, 0.25) is 0 Å². The summed E-state index contributed by atoms with van der Waals surface area (Å²) in [4.78, 5) is 0. The van der Waals surface area contributed by atoms with Gasteiger partial charge in [-0.3, -0.25) is 0 Å². The van der Waals surface area contributed by atoms with Crippen LogP contribution < -0.4 is 14.2 Å². The number of furan rings is 1. The van der Waals surface area contributed by atoms with Crippen LogP contribution in [-0.2, 0) is 0 Å². The Hall–Kier alpha value is -3.66. The zero-order valence-electron chi connectivity index (χ0n) is 16.6. The van der Waals surface area contributed by atoms with Gasteiger partial charge < -0.3 is 18.6 Å². The third-order valence-electron chi connectivity index (χ3n) is 4.76. The van der Waals surface area contributed by atoms with Gasteiger partial charge in [0, 0.05) is 10.9 Å². The lowest BCUT2D eigenvalue weighted by Crippen LogP contribution is -1.95. The van der Waals surface area contributed by atoms with Gasteiger partial charge in [-0.15, -0.1) is 0 Å². The molecule has 0 bridgehead atoms. The molecule has 4 aromatic rings. The van der Waals surface area contributed by atoms with E-state index in [2.05, 4.69) is 18.2 Å². The minimum absolute atomic E-state index is 0.581. The quantitative estimate of drug-likeness (QED) is 0.365. The molecule has 0 amide bonds. The molecule has 0 aliphatic carbocycles. The normalized spacial score (nSPS) is 11.1. The molecule has 3 aromatic carbocycles. The van der Waals surface area contributed by atoms with Gasteiger partial charge in [-0.05, 0) is 35.4 Å². The second-order valence-electron chi connectivity index (χ2n) is 6.57. The molecule has 0 N–H and O–H groups in total. The van der Waals surface area contributed by atoms with Crippen LogP contribution in [0.15, 0.2) is 71.1 Å². The lowest BCUT2D eigenvalue weighted by Gasteiger charge is -2.12. The Morgan fingerprint density at radius 1 is 0.690 bits per heavy atom. The predicted molar refractivity (Wildman–Crippen MR) is 117 cm³/mol. The summed E-state index contributed by atoms with van der Waals surface area (Å²) in [6.07, 6.45) is 4.04. The van der Waals surface area contributed by atoms with E-state index in [0.717, 1.165) is 33.4 Å². The van der Waals surface area contributed by atoms with Crippen LogP contribution in [0, 0.1) is 0 Å². The van der Waals surface area contributed by atoms with Crippen molar-refractivity contribution in [2.24, 2.45) is 0 Å². The van der Waals surface area contributed by atoms with Crippen molar-refractivity contribution in [3.63, 3.8) is 0 Å². The maximum absolute atomic E-state index is 6.06. The lowest BCUT2D eigenvalue weighted by atomic mass is 10.1. The Morgan fingerprint density at radius 3 is 2.03 bits per heavy atom. The molecule has 4 rings (SSSR count). The summed E-state index contributed by atoms with van der Waals surface area (Å²) in [6, 6.07) is 22.2. The van der Waals surface area contributed by atoms with Gasteiger partial charge in [0.1, 0.15) is 11.3 Å². The largest absolute Gasteiger partial charge is 0.493 e. The number of methoxy groups -OCH3 is 3. The van der Waals surface area contributed by atoms with Crippen molar-refractivity contribution in [1.29, 1.82) is 0 Å². The van der Waals surface area contributed by atoms with Gasteiger partial charge in [0.15, 0.2) is 11.5 Å². The van der Waals surface area contributed by atoms with E-state index in [1.54, 1.807) is 21.3 Å². The minimum atomic E-state index is 0.581. The summed E-state index contributed by atoms with van der Waals surface area (Å²) >= 11 is 0. The van der Waals surface area contributed by atoms with Gasteiger partial charge in [-0.25, -0.2) is 0 Å². The first-order valence-corrected chi connectivity index (χ1v) is 9.29. The Kier molecular flexibility index (Phi) is 5.25. The molecule has 146 valence electrons. The van der Waals surface area contributed by atoms with Gasteiger partial charge in [0.05, 0.1) is 21.3 Å². The molecule has 0 aliphatic heterocycles. The van der Waals surface area contributed by atoms with Crippen molar-refractivity contribution in [3.8, 4) is 28.6 Å². The Balaban J connectivity index is 1.65. The Labute approximate surface area is 169 Å². The maximum atomic E-state index is 6.06. The van der Waals surface area contributed by atoms with E-state index in [4.69, 9.17) is 18.6 Å². The van der Waals surface area contributed by atoms with Crippen LogP contribution in [0.4, 0.5) is 0 Å². The van der Waals surface area contributed by atoms with Crippen molar-refractivity contribution >= 4 is 23.1 Å². The molecule has 1 heterocycles. The molecule has 0 radical (unpaired) electrons. The smallest absolute Gasteiger partial charge is 0.203 e. The number of rotatable bonds is 6. The SMILES string of the molecule is COc1cc(/C=C/c2ccc3cc(-c4ccccc4)oc3c2)cc(OC)c1OC. The number of benzene rings is 3. The van der Waals surface area contributed by atoms with Gasteiger partial charge in [-0.2, -0.15) is 0 Å². The standard InChI is InChI=1S/C25H22O4/c1-26-23-14-18(15-24(27-2)25(23)28-3)10-9-17-11-12-20-16-22(29-21(20)13-17)19-7-5-4-6-8-19/h4-16H,1-3H3/b10-9+. The summed E-state index contributed by atoms with van der Waals surface area (Å²) in [7, 11) is 4.82. The van der Waals surface area contributed by atoms with Crippen molar-refractivity contribution in [2.75, 3.05) is 21.3 Å². The van der Waals surface area contributed by atoms with Gasteiger partial charge >= 0.3 is 0 Å². The maximum Gasteiger partial charge on any atom is 0.203 e. The summed E-state index contributed by atoms with van der Waals surface area (Å²) in [5.41, 5.74) is 3.92. The fourth-order valence-corrected chi connectivity index (χ4v) is 3.29. The molecule has 0 fully saturated rings. The lowest BCUT2D eigenvalue weighted by molar-refractivity contribution is 0.324. The molecule has 0 saturated carbocycles. The molecule has 0 atom stereocenters. The van der Waals surface area contributed by atoms with Crippen LogP contribution in [0.25, 0.3) is 34.4 Å². The monoisotopic (exact) mass is 386 g/mol. The average molecular weight is 386 g/mol. The van der Waals surface area contributed by atoms with E-state index in [1.807, 2.05) is 60.7 Å². The molecular formula is C25H22O4. The molecule has 29 heavy (non-hydrogen) atoms. The van der Waals surface area contributed by atoms with Crippen molar-refractivity contribution in [2.45, 2.75) is 0 Å². The van der Waals surface area contributed by atoms with Crippen LogP contribution in [0.3, 0.4) is 0 Å². The molecule has 0 unspecified atom stereocenters. The first-order valence-electron chi connectivity index (χ1n) is 9.29. The van der Waals surface area contributed by atoms with E-state index in [1.165, 1.54) is 0 Å². The van der Waals surface area contributed by atoms with E-state index in [-0.39, 0.29) is 0 Å². The summed E-state index contributed by atoms with van der Waals surface area (Å²) < 4.78 is 22.3. The van der Waals surface area contributed by atoms with Crippen LogP contribution in [-0.4, -0.2) is 21.3 Å². The number of ether oxygens (including phenoxy) is 3. The number of hydrogen-bond acceptors (Lipinski definition) is 4. The fraction of sp³-hybridized carbons (Fsp3) is 0.120. The first kappa shape index (κ1) is 18.7. The molecular weight excluding hydrogens is 364 g/mol. The molecule has 0 saturated heterocycles. The first-order chi connectivity index (χ1) is 14.2. The predicted octanol–water partition coefficient (Wildman–Crippen LogP) is 6.30. The van der Waals surface area contributed by atoms with E-state index >= 15 is 0 Å². The highest BCUT2D eigenvalue weighted by molar-refractivity contribution is 5.86. The highest BCUT2D eigenvalue weighted by Gasteiger charge is 2.12. The van der Waals surface area contributed by atoms with Crippen LogP contribution in [0.1, 0.15) is 11.1 Å². The zero-order chi connectivity index (χ0) is 20.2. The second kappa shape index (κ2) is 8.15. The third kappa shape index (κ3) is 3.83. The summed E-state index contributed by atoms with van der Waals surface area (Å²) in [5, 5.41) is 1.08. The van der Waals surface area contributed by atoms with E-state index < -0.39 is 0 Å². The van der Waals surface area contributed by atoms with Gasteiger partial charge in [0.2, 0.25) is 5.75 Å².